The number of hydrogen-bond acceptors (Lipinski definition) is 5. The van der Waals surface area contributed by atoms with Crippen LogP contribution in [0.4, 0.5) is 5.69 Å². The van der Waals surface area contributed by atoms with Crippen LogP contribution in [-0.2, 0) is 25.3 Å². The maximum absolute atomic E-state index is 12.8. The number of nitrogens with one attached hydrogen (secondary N) is 1. The number of benzene rings is 2. The standard InChI is InChI=1S/C22H25ClN2O5S/c1-15-4-3-5-16(12-15)14-31(28,29)25-10-8-17(9-11-25)21(26)24-20-13-18(22(27)30-2)6-7-19(20)23/h3-7,12-13,17H,8-11,14H2,1-2H3,(H,24,26). The van der Waals surface area contributed by atoms with E-state index in [2.05, 4.69) is 10.1 Å². The van der Waals surface area contributed by atoms with Crippen LogP contribution in [0.3, 0.4) is 0 Å². The highest BCUT2D eigenvalue weighted by Crippen LogP contribution is 2.27. The van der Waals surface area contributed by atoms with Gasteiger partial charge in [-0.15, -0.1) is 0 Å². The second-order valence-corrected chi connectivity index (χ2v) is 9.97. The van der Waals surface area contributed by atoms with Gasteiger partial charge in [0.1, 0.15) is 0 Å². The van der Waals surface area contributed by atoms with Crippen LogP contribution in [0.25, 0.3) is 0 Å². The average Bonchev–Trinajstić information content (AvgIpc) is 2.74. The minimum atomic E-state index is -3.46. The minimum Gasteiger partial charge on any atom is -0.465 e. The quantitative estimate of drug-likeness (QED) is 0.659. The number of esters is 1. The number of anilines is 1. The van der Waals surface area contributed by atoms with Gasteiger partial charge >= 0.3 is 5.97 Å². The van der Waals surface area contributed by atoms with E-state index in [1.807, 2.05) is 25.1 Å². The molecule has 31 heavy (non-hydrogen) atoms. The molecule has 0 spiro atoms. The summed E-state index contributed by atoms with van der Waals surface area (Å²) in [6, 6.07) is 11.9. The lowest BCUT2D eigenvalue weighted by molar-refractivity contribution is -0.120. The molecule has 0 aromatic heterocycles. The topological polar surface area (TPSA) is 92.8 Å². The van der Waals surface area contributed by atoms with Crippen molar-refractivity contribution >= 4 is 39.2 Å². The van der Waals surface area contributed by atoms with E-state index in [1.54, 1.807) is 6.07 Å². The third-order valence-electron chi connectivity index (χ3n) is 5.29. The van der Waals surface area contributed by atoms with Gasteiger partial charge in [-0.3, -0.25) is 4.79 Å². The Hall–Kier alpha value is -2.42. The van der Waals surface area contributed by atoms with E-state index in [-0.39, 0.29) is 36.2 Å². The number of amides is 1. The van der Waals surface area contributed by atoms with E-state index in [9.17, 15) is 18.0 Å². The number of hydrogen-bond donors (Lipinski definition) is 1. The van der Waals surface area contributed by atoms with Gasteiger partial charge in [-0.1, -0.05) is 41.4 Å². The fraction of sp³-hybridized carbons (Fsp3) is 0.364. The lowest BCUT2D eigenvalue weighted by Crippen LogP contribution is -2.41. The Morgan fingerprint density at radius 3 is 2.52 bits per heavy atom. The summed E-state index contributed by atoms with van der Waals surface area (Å²) in [7, 11) is -2.18. The zero-order valence-electron chi connectivity index (χ0n) is 17.4. The Morgan fingerprint density at radius 1 is 1.16 bits per heavy atom. The van der Waals surface area contributed by atoms with Crippen molar-refractivity contribution < 1.29 is 22.7 Å². The molecule has 0 atom stereocenters. The van der Waals surface area contributed by atoms with Gasteiger partial charge in [-0.05, 0) is 43.5 Å². The molecule has 1 N–H and O–H groups in total. The maximum atomic E-state index is 12.8. The van der Waals surface area contributed by atoms with Gasteiger partial charge < -0.3 is 10.1 Å². The number of methoxy groups -OCH3 is 1. The Kier molecular flexibility index (Phi) is 7.35. The highest BCUT2D eigenvalue weighted by atomic mass is 35.5. The van der Waals surface area contributed by atoms with E-state index >= 15 is 0 Å². The Labute approximate surface area is 187 Å². The molecular weight excluding hydrogens is 440 g/mol. The van der Waals surface area contributed by atoms with Crippen molar-refractivity contribution in [3.8, 4) is 0 Å². The predicted octanol–water partition coefficient (Wildman–Crippen LogP) is 3.62. The van der Waals surface area contributed by atoms with Crippen LogP contribution in [0.15, 0.2) is 42.5 Å². The lowest BCUT2D eigenvalue weighted by Gasteiger charge is -2.30. The summed E-state index contributed by atoms with van der Waals surface area (Å²) in [4.78, 5) is 24.4. The maximum Gasteiger partial charge on any atom is 0.337 e. The molecule has 1 heterocycles. The first kappa shape index (κ1) is 23.2. The molecule has 2 aromatic rings. The molecule has 9 heteroatoms. The molecule has 1 fully saturated rings. The number of carbonyl (C=O) groups is 2. The lowest BCUT2D eigenvalue weighted by atomic mass is 9.97. The third kappa shape index (κ3) is 5.84. The predicted molar refractivity (Wildman–Crippen MR) is 120 cm³/mol. The largest absolute Gasteiger partial charge is 0.465 e. The van der Waals surface area contributed by atoms with E-state index in [0.29, 0.717) is 23.6 Å². The second kappa shape index (κ2) is 9.80. The SMILES string of the molecule is COC(=O)c1ccc(Cl)c(NC(=O)C2CCN(S(=O)(=O)Cc3cccc(C)c3)CC2)c1. The molecule has 0 bridgehead atoms. The summed E-state index contributed by atoms with van der Waals surface area (Å²) in [6.07, 6.45) is 0.820. The number of piperidine rings is 1. The molecule has 1 saturated heterocycles. The number of sulfonamides is 1. The summed E-state index contributed by atoms with van der Waals surface area (Å²) >= 11 is 6.14. The van der Waals surface area contributed by atoms with Gasteiger partial charge in [0.15, 0.2) is 0 Å². The fourth-order valence-corrected chi connectivity index (χ4v) is 5.32. The average molecular weight is 465 g/mol. The normalized spacial score (nSPS) is 15.5. The summed E-state index contributed by atoms with van der Waals surface area (Å²) < 4.78 is 31.7. The number of carbonyl (C=O) groups excluding carboxylic acids is 2. The monoisotopic (exact) mass is 464 g/mol. The van der Waals surface area contributed by atoms with Crippen molar-refractivity contribution in [1.82, 2.24) is 4.31 Å². The smallest absolute Gasteiger partial charge is 0.337 e. The molecule has 1 aliphatic rings. The van der Waals surface area contributed by atoms with Gasteiger partial charge in [-0.2, -0.15) is 0 Å². The van der Waals surface area contributed by atoms with Gasteiger partial charge in [0.2, 0.25) is 15.9 Å². The molecule has 1 aliphatic heterocycles. The Bertz CT molecular complexity index is 1080. The molecule has 0 saturated carbocycles. The molecular formula is C22H25ClN2O5S. The van der Waals surface area contributed by atoms with Crippen LogP contribution < -0.4 is 5.32 Å². The van der Waals surface area contributed by atoms with Crippen molar-refractivity contribution in [2.75, 3.05) is 25.5 Å². The molecule has 7 nitrogen and oxygen atoms in total. The highest BCUT2D eigenvalue weighted by Gasteiger charge is 2.31. The summed E-state index contributed by atoms with van der Waals surface area (Å²) in [6.45, 7) is 2.48. The second-order valence-electron chi connectivity index (χ2n) is 7.59. The third-order valence-corrected chi connectivity index (χ3v) is 7.47. The number of rotatable bonds is 6. The molecule has 0 aliphatic carbocycles. The molecule has 3 rings (SSSR count). The van der Waals surface area contributed by atoms with Crippen LogP contribution in [-0.4, -0.2) is 44.8 Å². The van der Waals surface area contributed by atoms with Gasteiger partial charge in [0.25, 0.3) is 0 Å². The summed E-state index contributed by atoms with van der Waals surface area (Å²) in [5.41, 5.74) is 2.36. The number of nitrogens with zero attached hydrogens (tertiary/aromatic N) is 1. The van der Waals surface area contributed by atoms with Gasteiger partial charge in [0.05, 0.1) is 29.1 Å². The van der Waals surface area contributed by atoms with E-state index in [1.165, 1.54) is 29.6 Å². The first-order valence-electron chi connectivity index (χ1n) is 9.91. The van der Waals surface area contributed by atoms with Gasteiger partial charge in [0, 0.05) is 19.0 Å². The van der Waals surface area contributed by atoms with Crippen molar-refractivity contribution in [2.24, 2.45) is 5.92 Å². The van der Waals surface area contributed by atoms with Crippen LogP contribution in [0.5, 0.6) is 0 Å². The van der Waals surface area contributed by atoms with Crippen LogP contribution in [0.1, 0.15) is 34.3 Å². The Balaban J connectivity index is 1.60. The van der Waals surface area contributed by atoms with E-state index in [0.717, 1.165) is 11.1 Å². The van der Waals surface area contributed by atoms with Crippen molar-refractivity contribution in [1.29, 1.82) is 0 Å². The fourth-order valence-electron chi connectivity index (χ4n) is 3.60. The summed E-state index contributed by atoms with van der Waals surface area (Å²) in [5, 5.41) is 3.06. The van der Waals surface area contributed by atoms with Gasteiger partial charge in [-0.25, -0.2) is 17.5 Å². The minimum absolute atomic E-state index is 0.0541. The molecule has 166 valence electrons. The first-order valence-corrected chi connectivity index (χ1v) is 11.9. The highest BCUT2D eigenvalue weighted by molar-refractivity contribution is 7.88. The zero-order valence-corrected chi connectivity index (χ0v) is 19.0. The van der Waals surface area contributed by atoms with Crippen molar-refractivity contribution in [3.63, 3.8) is 0 Å². The first-order chi connectivity index (χ1) is 14.7. The number of ether oxygens (including phenoxy) is 1. The molecule has 1 amide bonds. The zero-order chi connectivity index (χ0) is 22.6. The molecule has 0 radical (unpaired) electrons. The van der Waals surface area contributed by atoms with E-state index < -0.39 is 16.0 Å². The van der Waals surface area contributed by atoms with E-state index in [4.69, 9.17) is 11.6 Å². The van der Waals surface area contributed by atoms with Crippen LogP contribution in [0, 0.1) is 12.8 Å². The van der Waals surface area contributed by atoms with Crippen LogP contribution in [0.2, 0.25) is 5.02 Å². The van der Waals surface area contributed by atoms with Crippen LogP contribution >= 0.6 is 11.6 Å². The number of aryl methyl sites for hydroxylation is 1. The summed E-state index contributed by atoms with van der Waals surface area (Å²) in [5.74, 6) is -1.18. The molecule has 2 aromatic carbocycles. The molecule has 0 unspecified atom stereocenters. The number of halogens is 1. The van der Waals surface area contributed by atoms with Crippen molar-refractivity contribution in [2.45, 2.75) is 25.5 Å². The Morgan fingerprint density at radius 2 is 1.87 bits per heavy atom. The van der Waals surface area contributed by atoms with Crippen molar-refractivity contribution in [3.05, 3.63) is 64.2 Å².